The summed E-state index contributed by atoms with van der Waals surface area (Å²) in [5.41, 5.74) is 6.13. The van der Waals surface area contributed by atoms with E-state index in [9.17, 15) is 4.39 Å². The third-order valence-corrected chi connectivity index (χ3v) is 7.11. The summed E-state index contributed by atoms with van der Waals surface area (Å²) < 4.78 is 25.7. The Morgan fingerprint density at radius 3 is 2.47 bits per heavy atom. The average Bonchev–Trinajstić information content (AvgIpc) is 3.31. The van der Waals surface area contributed by atoms with Crippen molar-refractivity contribution in [2.24, 2.45) is 0 Å². The van der Waals surface area contributed by atoms with Crippen LogP contribution in [0.3, 0.4) is 0 Å². The second kappa shape index (κ2) is 10.6. The van der Waals surface area contributed by atoms with E-state index in [1.165, 1.54) is 22.4 Å². The van der Waals surface area contributed by atoms with Crippen LogP contribution >= 0.6 is 22.9 Å². The number of methoxy groups -OCH3 is 1. The third kappa shape index (κ3) is 5.45. The van der Waals surface area contributed by atoms with E-state index in [4.69, 9.17) is 26.1 Å². The van der Waals surface area contributed by atoms with Crippen LogP contribution in [-0.2, 0) is 13.2 Å². The Morgan fingerprint density at radius 2 is 1.72 bits per heavy atom. The number of anilines is 1. The van der Waals surface area contributed by atoms with E-state index in [0.717, 1.165) is 32.9 Å². The Labute approximate surface area is 218 Å². The molecule has 0 unspecified atom stereocenters. The number of ether oxygens (including phenoxy) is 2. The zero-order valence-electron chi connectivity index (χ0n) is 19.8. The van der Waals surface area contributed by atoms with Crippen molar-refractivity contribution >= 4 is 38.8 Å². The van der Waals surface area contributed by atoms with Crippen LogP contribution in [0.2, 0.25) is 5.02 Å². The molecule has 0 fully saturated rings. The lowest BCUT2D eigenvalue weighted by molar-refractivity contribution is 0.284. The van der Waals surface area contributed by atoms with Gasteiger partial charge >= 0.3 is 0 Å². The quantitative estimate of drug-likeness (QED) is 0.224. The van der Waals surface area contributed by atoms with E-state index in [-0.39, 0.29) is 12.4 Å². The second-order valence-corrected chi connectivity index (χ2v) is 9.88. The van der Waals surface area contributed by atoms with Crippen LogP contribution in [0.5, 0.6) is 11.5 Å². The van der Waals surface area contributed by atoms with Gasteiger partial charge in [-0.3, -0.25) is 0 Å². The van der Waals surface area contributed by atoms with E-state index in [1.807, 2.05) is 24.3 Å². The summed E-state index contributed by atoms with van der Waals surface area (Å²) in [6.45, 7) is 2.92. The lowest BCUT2D eigenvalue weighted by atomic mass is 10.1. The predicted octanol–water partition coefficient (Wildman–Crippen LogP) is 8.26. The molecule has 5 aromatic rings. The molecule has 0 atom stereocenters. The number of aromatic nitrogens is 1. The molecule has 1 aromatic heterocycles. The molecule has 0 amide bonds. The Bertz CT molecular complexity index is 1500. The van der Waals surface area contributed by atoms with Crippen molar-refractivity contribution in [2.45, 2.75) is 20.1 Å². The molecular weight excluding hydrogens is 495 g/mol. The number of benzene rings is 4. The van der Waals surface area contributed by atoms with Gasteiger partial charge in [-0.05, 0) is 84.3 Å². The van der Waals surface area contributed by atoms with Gasteiger partial charge in [0.15, 0.2) is 11.5 Å². The molecule has 7 heteroatoms. The number of halogens is 2. The summed E-state index contributed by atoms with van der Waals surface area (Å²) in [5, 5.41) is 4.89. The third-order valence-electron chi connectivity index (χ3n) is 5.76. The van der Waals surface area contributed by atoms with E-state index in [1.54, 1.807) is 30.6 Å². The fourth-order valence-corrected chi connectivity index (χ4v) is 5.20. The number of hydrogen-bond acceptors (Lipinski definition) is 5. The standard InChI is InChI=1S/C29H24ClFN2O2S/c1-18-3-12-25-27(13-18)36-29(33-25)21-6-10-23(11-7-21)32-16-20-14-24(30)28(26(15-20)34-2)35-17-19-4-8-22(31)9-5-19/h3-15,32H,16-17H2,1-2H3. The average molecular weight is 519 g/mol. The minimum atomic E-state index is -0.285. The highest BCUT2D eigenvalue weighted by Gasteiger charge is 2.13. The number of fused-ring (bicyclic) bond motifs is 1. The number of hydrogen-bond donors (Lipinski definition) is 1. The van der Waals surface area contributed by atoms with Gasteiger partial charge < -0.3 is 14.8 Å². The first-order valence-electron chi connectivity index (χ1n) is 11.4. The van der Waals surface area contributed by atoms with Crippen LogP contribution in [0.25, 0.3) is 20.8 Å². The van der Waals surface area contributed by atoms with Gasteiger partial charge in [0, 0.05) is 17.8 Å². The molecule has 4 aromatic carbocycles. The molecule has 0 aliphatic rings. The molecular formula is C29H24ClFN2O2S. The molecule has 5 rings (SSSR count). The van der Waals surface area contributed by atoms with Crippen LogP contribution in [-0.4, -0.2) is 12.1 Å². The van der Waals surface area contributed by atoms with Crippen LogP contribution in [0.4, 0.5) is 10.1 Å². The number of rotatable bonds is 8. The number of thiazole rings is 1. The molecule has 0 bridgehead atoms. The van der Waals surface area contributed by atoms with Gasteiger partial charge in [-0.1, -0.05) is 29.8 Å². The Morgan fingerprint density at radius 1 is 0.944 bits per heavy atom. The van der Waals surface area contributed by atoms with Crippen molar-refractivity contribution in [1.29, 1.82) is 0 Å². The molecule has 4 nitrogen and oxygen atoms in total. The first-order chi connectivity index (χ1) is 17.5. The highest BCUT2D eigenvalue weighted by molar-refractivity contribution is 7.21. The van der Waals surface area contributed by atoms with Gasteiger partial charge in [-0.2, -0.15) is 0 Å². The maximum atomic E-state index is 13.1. The lowest BCUT2D eigenvalue weighted by Crippen LogP contribution is -2.02. The van der Waals surface area contributed by atoms with Gasteiger partial charge in [0.2, 0.25) is 0 Å². The molecule has 182 valence electrons. The van der Waals surface area contributed by atoms with Crippen LogP contribution in [0.1, 0.15) is 16.7 Å². The van der Waals surface area contributed by atoms with E-state index < -0.39 is 0 Å². The molecule has 0 saturated heterocycles. The fraction of sp³-hybridized carbons (Fsp3) is 0.138. The van der Waals surface area contributed by atoms with Crippen molar-refractivity contribution in [3.8, 4) is 22.1 Å². The van der Waals surface area contributed by atoms with Gasteiger partial charge in [-0.15, -0.1) is 11.3 Å². The van der Waals surface area contributed by atoms with Crippen molar-refractivity contribution in [1.82, 2.24) is 4.98 Å². The van der Waals surface area contributed by atoms with Crippen LogP contribution in [0, 0.1) is 12.7 Å². The molecule has 1 N–H and O–H groups in total. The minimum Gasteiger partial charge on any atom is -0.493 e. The number of nitrogens with zero attached hydrogens (tertiary/aromatic N) is 1. The SMILES string of the molecule is COc1cc(CNc2ccc(-c3nc4ccc(C)cc4s3)cc2)cc(Cl)c1OCc1ccc(F)cc1. The maximum Gasteiger partial charge on any atom is 0.180 e. The highest BCUT2D eigenvalue weighted by Crippen LogP contribution is 2.37. The predicted molar refractivity (Wildman–Crippen MR) is 146 cm³/mol. The van der Waals surface area contributed by atoms with Crippen LogP contribution < -0.4 is 14.8 Å². The van der Waals surface area contributed by atoms with Gasteiger partial charge in [-0.25, -0.2) is 9.37 Å². The molecule has 0 spiro atoms. The zero-order valence-corrected chi connectivity index (χ0v) is 21.4. The Kier molecular flexibility index (Phi) is 7.07. The van der Waals surface area contributed by atoms with Gasteiger partial charge in [0.05, 0.1) is 22.3 Å². The van der Waals surface area contributed by atoms with Crippen LogP contribution in [0.15, 0.2) is 78.9 Å². The van der Waals surface area contributed by atoms with Gasteiger partial charge in [0.25, 0.3) is 0 Å². The molecule has 0 radical (unpaired) electrons. The lowest BCUT2D eigenvalue weighted by Gasteiger charge is -2.15. The summed E-state index contributed by atoms with van der Waals surface area (Å²) in [6.07, 6.45) is 0. The van der Waals surface area contributed by atoms with Crippen molar-refractivity contribution in [3.05, 3.63) is 106 Å². The normalized spacial score (nSPS) is 11.0. The number of nitrogens with one attached hydrogen (secondary N) is 1. The first-order valence-corrected chi connectivity index (χ1v) is 12.6. The summed E-state index contributed by atoms with van der Waals surface area (Å²) in [4.78, 5) is 4.76. The fourth-order valence-electron chi connectivity index (χ4n) is 3.84. The van der Waals surface area contributed by atoms with Gasteiger partial charge in [0.1, 0.15) is 17.4 Å². The smallest absolute Gasteiger partial charge is 0.180 e. The van der Waals surface area contributed by atoms with Crippen molar-refractivity contribution in [2.75, 3.05) is 12.4 Å². The Hall–Kier alpha value is -3.61. The monoisotopic (exact) mass is 518 g/mol. The topological polar surface area (TPSA) is 43.4 Å². The summed E-state index contributed by atoms with van der Waals surface area (Å²) in [6, 6.07) is 24.5. The molecule has 36 heavy (non-hydrogen) atoms. The van der Waals surface area contributed by atoms with Crippen molar-refractivity contribution < 1.29 is 13.9 Å². The summed E-state index contributed by atoms with van der Waals surface area (Å²) >= 11 is 8.22. The van der Waals surface area contributed by atoms with E-state index in [2.05, 4.69) is 42.6 Å². The number of aryl methyl sites for hydroxylation is 1. The Balaban J connectivity index is 1.25. The zero-order chi connectivity index (χ0) is 25.1. The summed E-state index contributed by atoms with van der Waals surface area (Å²) in [5.74, 6) is 0.720. The molecule has 0 saturated carbocycles. The van der Waals surface area contributed by atoms with Crippen molar-refractivity contribution in [3.63, 3.8) is 0 Å². The maximum absolute atomic E-state index is 13.1. The van der Waals surface area contributed by atoms with E-state index >= 15 is 0 Å². The minimum absolute atomic E-state index is 0.259. The second-order valence-electron chi connectivity index (χ2n) is 8.45. The molecule has 1 heterocycles. The van der Waals surface area contributed by atoms with E-state index in [0.29, 0.717) is 23.1 Å². The molecule has 0 aliphatic heterocycles. The molecule has 0 aliphatic carbocycles. The largest absolute Gasteiger partial charge is 0.493 e. The highest BCUT2D eigenvalue weighted by atomic mass is 35.5. The first kappa shape index (κ1) is 24.1. The summed E-state index contributed by atoms with van der Waals surface area (Å²) in [7, 11) is 1.58.